The van der Waals surface area contributed by atoms with E-state index in [9.17, 15) is 9.18 Å². The number of hydrogen-bond acceptors (Lipinski definition) is 3. The zero-order valence-corrected chi connectivity index (χ0v) is 12.4. The molecule has 0 aliphatic heterocycles. The first-order valence-corrected chi connectivity index (χ1v) is 7.55. The Balaban J connectivity index is 1.80. The number of anilines is 2. The van der Waals surface area contributed by atoms with Crippen molar-refractivity contribution in [2.45, 2.75) is 45.1 Å². The fourth-order valence-corrected chi connectivity index (χ4v) is 2.78. The number of amides is 1. The van der Waals surface area contributed by atoms with E-state index in [1.165, 1.54) is 24.6 Å². The maximum atomic E-state index is 13.1. The topological polar surface area (TPSA) is 64.3 Å². The van der Waals surface area contributed by atoms with Gasteiger partial charge >= 0.3 is 0 Å². The summed E-state index contributed by atoms with van der Waals surface area (Å²) in [4.78, 5) is 11.9. The summed E-state index contributed by atoms with van der Waals surface area (Å²) >= 11 is 0. The summed E-state index contributed by atoms with van der Waals surface area (Å²) in [5.41, 5.74) is 6.32. The van der Waals surface area contributed by atoms with Gasteiger partial charge < -0.3 is 15.8 Å². The molecule has 1 aromatic rings. The average molecular weight is 294 g/mol. The smallest absolute Gasteiger partial charge is 0.250 e. The van der Waals surface area contributed by atoms with Crippen molar-refractivity contribution in [1.29, 1.82) is 0 Å². The maximum absolute atomic E-state index is 13.1. The molecule has 2 rings (SSSR count). The van der Waals surface area contributed by atoms with E-state index in [1.54, 1.807) is 0 Å². The van der Waals surface area contributed by atoms with Crippen LogP contribution >= 0.6 is 0 Å². The van der Waals surface area contributed by atoms with Crippen LogP contribution in [0.5, 0.6) is 0 Å². The summed E-state index contributed by atoms with van der Waals surface area (Å²) in [5, 5.41) is 2.59. The van der Waals surface area contributed by atoms with E-state index in [4.69, 9.17) is 10.5 Å². The molecule has 1 aromatic carbocycles. The van der Waals surface area contributed by atoms with Crippen LogP contribution < -0.4 is 11.1 Å². The lowest BCUT2D eigenvalue weighted by Crippen LogP contribution is -2.27. The number of carbonyl (C=O) groups is 1. The molecule has 21 heavy (non-hydrogen) atoms. The van der Waals surface area contributed by atoms with E-state index in [0.717, 1.165) is 25.7 Å². The molecule has 0 radical (unpaired) electrons. The molecule has 1 saturated carbocycles. The summed E-state index contributed by atoms with van der Waals surface area (Å²) in [6, 6.07) is 3.90. The van der Waals surface area contributed by atoms with Gasteiger partial charge in [-0.25, -0.2) is 4.39 Å². The molecule has 1 aliphatic carbocycles. The molecular weight excluding hydrogens is 271 g/mol. The third-order valence-electron chi connectivity index (χ3n) is 4.05. The van der Waals surface area contributed by atoms with Crippen LogP contribution in [0.15, 0.2) is 18.2 Å². The van der Waals surface area contributed by atoms with Crippen molar-refractivity contribution in [3.63, 3.8) is 0 Å². The molecule has 1 aliphatic rings. The van der Waals surface area contributed by atoms with E-state index in [2.05, 4.69) is 12.2 Å². The quantitative estimate of drug-likeness (QED) is 0.819. The van der Waals surface area contributed by atoms with Gasteiger partial charge in [-0.05, 0) is 37.0 Å². The Morgan fingerprint density at radius 3 is 3.05 bits per heavy atom. The highest BCUT2D eigenvalue weighted by atomic mass is 19.1. The maximum Gasteiger partial charge on any atom is 0.250 e. The van der Waals surface area contributed by atoms with Gasteiger partial charge in [0.05, 0.1) is 17.5 Å². The van der Waals surface area contributed by atoms with E-state index in [-0.39, 0.29) is 18.6 Å². The minimum atomic E-state index is -0.432. The van der Waals surface area contributed by atoms with Gasteiger partial charge in [0.25, 0.3) is 0 Å². The average Bonchev–Trinajstić information content (AvgIpc) is 2.49. The minimum absolute atomic E-state index is 0.0168. The summed E-state index contributed by atoms with van der Waals surface area (Å²) in [5.74, 6) is -0.0323. The van der Waals surface area contributed by atoms with Crippen LogP contribution in [-0.4, -0.2) is 18.6 Å². The predicted octanol–water partition coefficient (Wildman–Crippen LogP) is 3.33. The zero-order valence-electron chi connectivity index (χ0n) is 12.4. The first-order valence-electron chi connectivity index (χ1n) is 7.55. The van der Waals surface area contributed by atoms with Crippen LogP contribution in [0, 0.1) is 11.7 Å². The molecule has 1 amide bonds. The zero-order chi connectivity index (χ0) is 15.2. The van der Waals surface area contributed by atoms with E-state index >= 15 is 0 Å². The molecule has 3 N–H and O–H groups in total. The molecule has 2 atom stereocenters. The Morgan fingerprint density at radius 2 is 2.29 bits per heavy atom. The van der Waals surface area contributed by atoms with Crippen molar-refractivity contribution in [2.24, 2.45) is 5.92 Å². The minimum Gasteiger partial charge on any atom is -0.397 e. The molecule has 5 heteroatoms. The third kappa shape index (κ3) is 4.70. The number of nitrogen functional groups attached to an aromatic ring is 1. The first-order chi connectivity index (χ1) is 10.1. The van der Waals surface area contributed by atoms with Crippen LogP contribution in [0.1, 0.15) is 39.0 Å². The Labute approximate surface area is 124 Å². The summed E-state index contributed by atoms with van der Waals surface area (Å²) in [6.45, 7) is 2.17. The van der Waals surface area contributed by atoms with Crippen molar-refractivity contribution in [2.75, 3.05) is 17.7 Å². The van der Waals surface area contributed by atoms with Crippen LogP contribution in [0.2, 0.25) is 0 Å². The van der Waals surface area contributed by atoms with E-state index in [1.807, 2.05) is 0 Å². The van der Waals surface area contributed by atoms with Gasteiger partial charge in [0.15, 0.2) is 0 Å². The highest BCUT2D eigenvalue weighted by molar-refractivity contribution is 5.94. The Kier molecular flexibility index (Phi) is 5.56. The fourth-order valence-electron chi connectivity index (χ4n) is 2.78. The van der Waals surface area contributed by atoms with Gasteiger partial charge in [-0.15, -0.1) is 0 Å². The molecule has 0 heterocycles. The second-order valence-corrected chi connectivity index (χ2v) is 5.65. The molecular formula is C16H23FN2O2. The van der Waals surface area contributed by atoms with E-state index < -0.39 is 5.82 Å². The van der Waals surface area contributed by atoms with Crippen LogP contribution in [-0.2, 0) is 9.53 Å². The standard InChI is InChI=1S/C16H23FN2O2/c1-2-11-4-3-5-13(8-11)21-10-16(20)19-15-9-12(17)6-7-14(15)18/h6-7,9,11,13H,2-5,8,10,18H2,1H3,(H,19,20). The number of nitrogens with one attached hydrogen (secondary N) is 1. The third-order valence-corrected chi connectivity index (χ3v) is 4.05. The highest BCUT2D eigenvalue weighted by Gasteiger charge is 2.22. The van der Waals surface area contributed by atoms with Gasteiger partial charge in [0.1, 0.15) is 12.4 Å². The second kappa shape index (κ2) is 7.41. The number of rotatable bonds is 5. The SMILES string of the molecule is CCC1CCCC(OCC(=O)Nc2cc(F)ccc2N)C1. The van der Waals surface area contributed by atoms with Crippen molar-refractivity contribution in [3.05, 3.63) is 24.0 Å². The number of nitrogens with two attached hydrogens (primary N) is 1. The number of benzene rings is 1. The first kappa shape index (κ1) is 15.8. The van der Waals surface area contributed by atoms with Crippen LogP contribution in [0.25, 0.3) is 0 Å². The summed E-state index contributed by atoms with van der Waals surface area (Å²) in [6.07, 6.45) is 5.74. The van der Waals surface area contributed by atoms with Crippen LogP contribution in [0.3, 0.4) is 0 Å². The lowest BCUT2D eigenvalue weighted by molar-refractivity contribution is -0.123. The lowest BCUT2D eigenvalue weighted by atomic mass is 9.85. The normalized spacial score (nSPS) is 22.0. The molecule has 4 nitrogen and oxygen atoms in total. The number of hydrogen-bond donors (Lipinski definition) is 2. The fraction of sp³-hybridized carbons (Fsp3) is 0.562. The molecule has 0 bridgehead atoms. The summed E-state index contributed by atoms with van der Waals surface area (Å²) < 4.78 is 18.8. The van der Waals surface area contributed by atoms with Crippen molar-refractivity contribution >= 4 is 17.3 Å². The van der Waals surface area contributed by atoms with Crippen molar-refractivity contribution in [3.8, 4) is 0 Å². The highest BCUT2D eigenvalue weighted by Crippen LogP contribution is 2.28. The molecule has 1 fully saturated rings. The van der Waals surface area contributed by atoms with E-state index in [0.29, 0.717) is 17.3 Å². The van der Waals surface area contributed by atoms with Crippen molar-refractivity contribution in [1.82, 2.24) is 0 Å². The molecule has 116 valence electrons. The molecule has 0 aromatic heterocycles. The lowest BCUT2D eigenvalue weighted by Gasteiger charge is -2.28. The van der Waals surface area contributed by atoms with Gasteiger partial charge in [0, 0.05) is 0 Å². The Bertz CT molecular complexity index is 493. The number of halogens is 1. The molecule has 0 spiro atoms. The van der Waals surface area contributed by atoms with Crippen LogP contribution in [0.4, 0.5) is 15.8 Å². The van der Waals surface area contributed by atoms with Gasteiger partial charge in [-0.1, -0.05) is 26.2 Å². The molecule has 2 unspecified atom stereocenters. The molecule has 0 saturated heterocycles. The largest absolute Gasteiger partial charge is 0.397 e. The monoisotopic (exact) mass is 294 g/mol. The summed E-state index contributed by atoms with van der Waals surface area (Å²) in [7, 11) is 0. The van der Waals surface area contributed by atoms with Gasteiger partial charge in [0.2, 0.25) is 5.91 Å². The Morgan fingerprint density at radius 1 is 1.48 bits per heavy atom. The van der Waals surface area contributed by atoms with Gasteiger partial charge in [-0.2, -0.15) is 0 Å². The number of carbonyl (C=O) groups excluding carboxylic acids is 1. The second-order valence-electron chi connectivity index (χ2n) is 5.65. The van der Waals surface area contributed by atoms with Gasteiger partial charge in [-0.3, -0.25) is 4.79 Å². The Hall–Kier alpha value is -1.62. The number of ether oxygens (including phenoxy) is 1. The van der Waals surface area contributed by atoms with Crippen molar-refractivity contribution < 1.29 is 13.9 Å². The predicted molar refractivity (Wildman–Crippen MR) is 81.4 cm³/mol.